The Hall–Kier alpha value is -3.06. The molecule has 2 aromatic rings. The highest BCUT2D eigenvalue weighted by Gasteiger charge is 2.29. The standard InChI is InChI=1S/C19H16N2O4S/c1-25-16(22)11-15-18(24)21-19(26-15)20-17(23)14-9-7-13(8-10-14)12-5-3-2-4-6-12/h2-11,19H,1H3,(H,20,23)(H,21,24)/b15-11+/t19-/m1/s1. The van der Waals surface area contributed by atoms with E-state index in [1.165, 1.54) is 7.11 Å². The summed E-state index contributed by atoms with van der Waals surface area (Å²) in [4.78, 5) is 35.6. The zero-order valence-corrected chi connectivity index (χ0v) is 14.7. The Morgan fingerprint density at radius 2 is 1.73 bits per heavy atom. The second kappa shape index (κ2) is 7.88. The average molecular weight is 368 g/mol. The minimum atomic E-state index is -0.639. The van der Waals surface area contributed by atoms with E-state index < -0.39 is 17.4 Å². The third kappa shape index (κ3) is 4.12. The molecule has 0 bridgehead atoms. The van der Waals surface area contributed by atoms with Crippen LogP contribution in [0.15, 0.2) is 65.6 Å². The Labute approximate surface area is 154 Å². The van der Waals surface area contributed by atoms with Crippen LogP contribution in [0.5, 0.6) is 0 Å². The first-order chi connectivity index (χ1) is 12.6. The summed E-state index contributed by atoms with van der Waals surface area (Å²) in [7, 11) is 1.23. The minimum Gasteiger partial charge on any atom is -0.466 e. The van der Waals surface area contributed by atoms with E-state index >= 15 is 0 Å². The molecule has 1 aliphatic heterocycles. The van der Waals surface area contributed by atoms with Crippen molar-refractivity contribution in [1.82, 2.24) is 10.6 Å². The van der Waals surface area contributed by atoms with Gasteiger partial charge in [0.1, 0.15) is 0 Å². The van der Waals surface area contributed by atoms with Crippen molar-refractivity contribution in [1.29, 1.82) is 0 Å². The van der Waals surface area contributed by atoms with E-state index in [4.69, 9.17) is 0 Å². The minimum absolute atomic E-state index is 0.196. The fourth-order valence-electron chi connectivity index (χ4n) is 2.38. The molecule has 0 radical (unpaired) electrons. The van der Waals surface area contributed by atoms with E-state index in [1.807, 2.05) is 42.5 Å². The predicted octanol–water partition coefficient (Wildman–Crippen LogP) is 2.29. The topological polar surface area (TPSA) is 84.5 Å². The van der Waals surface area contributed by atoms with Gasteiger partial charge < -0.3 is 15.4 Å². The molecule has 2 N–H and O–H groups in total. The van der Waals surface area contributed by atoms with Crippen molar-refractivity contribution in [3.8, 4) is 11.1 Å². The Morgan fingerprint density at radius 3 is 2.38 bits per heavy atom. The van der Waals surface area contributed by atoms with Gasteiger partial charge in [0.15, 0.2) is 5.50 Å². The number of carbonyl (C=O) groups is 3. The van der Waals surface area contributed by atoms with E-state index in [2.05, 4.69) is 15.4 Å². The molecule has 26 heavy (non-hydrogen) atoms. The van der Waals surface area contributed by atoms with Crippen LogP contribution in [0.1, 0.15) is 10.4 Å². The van der Waals surface area contributed by atoms with Crippen LogP contribution in [0, 0.1) is 0 Å². The lowest BCUT2D eigenvalue weighted by molar-refractivity contribution is -0.135. The van der Waals surface area contributed by atoms with Crippen LogP contribution < -0.4 is 10.6 Å². The quantitative estimate of drug-likeness (QED) is 0.639. The van der Waals surface area contributed by atoms with Gasteiger partial charge in [0, 0.05) is 11.6 Å². The van der Waals surface area contributed by atoms with E-state index in [0.717, 1.165) is 29.0 Å². The van der Waals surface area contributed by atoms with Gasteiger partial charge in [-0.05, 0) is 23.3 Å². The van der Waals surface area contributed by atoms with E-state index in [1.54, 1.807) is 12.1 Å². The van der Waals surface area contributed by atoms with Gasteiger partial charge in [0.25, 0.3) is 11.8 Å². The predicted molar refractivity (Wildman–Crippen MR) is 99.0 cm³/mol. The third-order valence-corrected chi connectivity index (χ3v) is 4.73. The third-order valence-electron chi connectivity index (χ3n) is 3.70. The molecule has 7 heteroatoms. The van der Waals surface area contributed by atoms with Crippen molar-refractivity contribution < 1.29 is 19.1 Å². The maximum atomic E-state index is 12.4. The van der Waals surface area contributed by atoms with Crippen molar-refractivity contribution >= 4 is 29.5 Å². The molecule has 1 atom stereocenters. The zero-order valence-electron chi connectivity index (χ0n) is 13.9. The monoisotopic (exact) mass is 368 g/mol. The number of benzene rings is 2. The van der Waals surface area contributed by atoms with Gasteiger partial charge in [-0.2, -0.15) is 0 Å². The number of esters is 1. The van der Waals surface area contributed by atoms with Crippen LogP contribution in [0.3, 0.4) is 0 Å². The van der Waals surface area contributed by atoms with Gasteiger partial charge in [-0.15, -0.1) is 0 Å². The summed E-state index contributed by atoms with van der Waals surface area (Å²) in [5.41, 5.74) is 1.91. The molecule has 1 fully saturated rings. The summed E-state index contributed by atoms with van der Waals surface area (Å²) >= 11 is 1.05. The molecule has 1 saturated heterocycles. The zero-order chi connectivity index (χ0) is 18.5. The van der Waals surface area contributed by atoms with Crippen molar-refractivity contribution in [2.75, 3.05) is 7.11 Å². The fraction of sp³-hybridized carbons (Fsp3) is 0.105. The van der Waals surface area contributed by atoms with Gasteiger partial charge in [-0.25, -0.2) is 4.79 Å². The normalized spacial score (nSPS) is 17.7. The number of amides is 2. The lowest BCUT2D eigenvalue weighted by Crippen LogP contribution is -2.41. The molecule has 2 aromatic carbocycles. The number of hydrogen-bond acceptors (Lipinski definition) is 5. The molecule has 6 nitrogen and oxygen atoms in total. The fourth-order valence-corrected chi connectivity index (χ4v) is 3.29. The van der Waals surface area contributed by atoms with Crippen molar-refractivity contribution in [2.24, 2.45) is 0 Å². The van der Waals surface area contributed by atoms with Crippen molar-refractivity contribution in [3.63, 3.8) is 0 Å². The van der Waals surface area contributed by atoms with Crippen LogP contribution in [-0.4, -0.2) is 30.4 Å². The van der Waals surface area contributed by atoms with Gasteiger partial charge >= 0.3 is 5.97 Å². The summed E-state index contributed by atoms with van der Waals surface area (Å²) < 4.78 is 4.50. The Kier molecular flexibility index (Phi) is 5.38. The lowest BCUT2D eigenvalue weighted by Gasteiger charge is -2.11. The van der Waals surface area contributed by atoms with E-state index in [9.17, 15) is 14.4 Å². The van der Waals surface area contributed by atoms with Gasteiger partial charge in [-0.1, -0.05) is 54.2 Å². The first-order valence-electron chi connectivity index (χ1n) is 7.80. The molecule has 0 aromatic heterocycles. The second-order valence-electron chi connectivity index (χ2n) is 5.42. The first-order valence-corrected chi connectivity index (χ1v) is 8.68. The first kappa shape index (κ1) is 17.8. The maximum absolute atomic E-state index is 12.4. The van der Waals surface area contributed by atoms with Crippen molar-refractivity contribution in [2.45, 2.75) is 5.50 Å². The number of ether oxygens (including phenoxy) is 1. The summed E-state index contributed by atoms with van der Waals surface area (Å²) in [5, 5.41) is 5.29. The lowest BCUT2D eigenvalue weighted by atomic mass is 10.0. The highest BCUT2D eigenvalue weighted by molar-refractivity contribution is 8.05. The van der Waals surface area contributed by atoms with E-state index in [0.29, 0.717) is 5.56 Å². The molecule has 1 aliphatic rings. The molecule has 2 amide bonds. The Bertz CT molecular complexity index is 863. The largest absolute Gasteiger partial charge is 0.466 e. The van der Waals surface area contributed by atoms with Crippen LogP contribution >= 0.6 is 11.8 Å². The number of rotatable bonds is 4. The molecule has 132 valence electrons. The van der Waals surface area contributed by atoms with E-state index in [-0.39, 0.29) is 10.8 Å². The summed E-state index contributed by atoms with van der Waals surface area (Å²) in [6, 6.07) is 17.0. The number of methoxy groups -OCH3 is 1. The molecule has 3 rings (SSSR count). The molecule has 1 heterocycles. The number of carbonyl (C=O) groups excluding carboxylic acids is 3. The second-order valence-corrected chi connectivity index (χ2v) is 6.57. The number of hydrogen-bond donors (Lipinski definition) is 2. The smallest absolute Gasteiger partial charge is 0.331 e. The highest BCUT2D eigenvalue weighted by atomic mass is 32.2. The SMILES string of the molecule is COC(=O)/C=C1/S[C@H](NC(=O)c2ccc(-c3ccccc3)cc2)NC1=O. The van der Waals surface area contributed by atoms with Crippen LogP contribution in [0.25, 0.3) is 11.1 Å². The molecule has 0 aliphatic carbocycles. The van der Waals surface area contributed by atoms with Crippen LogP contribution in [0.2, 0.25) is 0 Å². The van der Waals surface area contributed by atoms with Gasteiger partial charge in [0.05, 0.1) is 12.0 Å². The Balaban J connectivity index is 1.65. The summed E-state index contributed by atoms with van der Waals surface area (Å²) in [5.74, 6) is -1.36. The number of nitrogens with one attached hydrogen (secondary N) is 2. The maximum Gasteiger partial charge on any atom is 0.331 e. The molecule has 0 unspecified atom stereocenters. The van der Waals surface area contributed by atoms with Crippen LogP contribution in [0.4, 0.5) is 0 Å². The van der Waals surface area contributed by atoms with Gasteiger partial charge in [0.2, 0.25) is 0 Å². The Morgan fingerprint density at radius 1 is 1.08 bits per heavy atom. The summed E-state index contributed by atoms with van der Waals surface area (Å²) in [6.07, 6.45) is 1.10. The van der Waals surface area contributed by atoms with Crippen molar-refractivity contribution in [3.05, 3.63) is 71.1 Å². The van der Waals surface area contributed by atoms with Crippen LogP contribution in [-0.2, 0) is 14.3 Å². The molecular formula is C19H16N2O4S. The summed E-state index contributed by atoms with van der Waals surface area (Å²) in [6.45, 7) is 0. The molecule has 0 saturated carbocycles. The number of thioether (sulfide) groups is 1. The highest BCUT2D eigenvalue weighted by Crippen LogP contribution is 2.26. The average Bonchev–Trinajstić information content (AvgIpc) is 3.01. The molecule has 0 spiro atoms. The van der Waals surface area contributed by atoms with Gasteiger partial charge in [-0.3, -0.25) is 9.59 Å². The molecular weight excluding hydrogens is 352 g/mol.